The van der Waals surface area contributed by atoms with Gasteiger partial charge in [0.25, 0.3) is 5.91 Å². The van der Waals surface area contributed by atoms with Gasteiger partial charge in [0, 0.05) is 22.5 Å². The van der Waals surface area contributed by atoms with Gasteiger partial charge in [-0.05, 0) is 30.3 Å². The molecule has 2 aromatic rings. The molecule has 2 aromatic carbocycles. The SMILES string of the molecule is CS(=O)(=O)CCOc1cccc(NC(=O)c2ccc(Br)cc2F)c1. The van der Waals surface area contributed by atoms with Gasteiger partial charge in [0.15, 0.2) is 9.84 Å². The average molecular weight is 416 g/mol. The number of ether oxygens (including phenoxy) is 1. The fourth-order valence-electron chi connectivity index (χ4n) is 1.85. The van der Waals surface area contributed by atoms with Crippen molar-refractivity contribution in [2.75, 3.05) is 23.9 Å². The van der Waals surface area contributed by atoms with Gasteiger partial charge >= 0.3 is 0 Å². The van der Waals surface area contributed by atoms with E-state index in [1.807, 2.05) is 0 Å². The Balaban J connectivity index is 2.04. The van der Waals surface area contributed by atoms with Crippen molar-refractivity contribution < 1.29 is 22.3 Å². The third kappa shape index (κ3) is 5.61. The summed E-state index contributed by atoms with van der Waals surface area (Å²) in [5.74, 6) is -0.920. The second-order valence-corrected chi connectivity index (χ2v) is 8.26. The molecule has 0 aliphatic carbocycles. The summed E-state index contributed by atoms with van der Waals surface area (Å²) in [5.41, 5.74) is 0.334. The monoisotopic (exact) mass is 415 g/mol. The van der Waals surface area contributed by atoms with Gasteiger partial charge in [0.2, 0.25) is 0 Å². The average Bonchev–Trinajstić information content (AvgIpc) is 2.46. The molecule has 0 unspecified atom stereocenters. The number of carbonyl (C=O) groups is 1. The Labute approximate surface area is 147 Å². The van der Waals surface area contributed by atoms with Crippen molar-refractivity contribution in [3.05, 3.63) is 58.3 Å². The highest BCUT2D eigenvalue weighted by molar-refractivity contribution is 9.10. The van der Waals surface area contributed by atoms with Crippen molar-refractivity contribution in [2.24, 2.45) is 0 Å². The number of carbonyl (C=O) groups excluding carboxylic acids is 1. The normalized spacial score (nSPS) is 11.1. The molecule has 0 bridgehead atoms. The Morgan fingerprint density at radius 3 is 2.67 bits per heavy atom. The molecular formula is C16H15BrFNO4S. The topological polar surface area (TPSA) is 72.5 Å². The van der Waals surface area contributed by atoms with Gasteiger partial charge in [-0.3, -0.25) is 4.79 Å². The molecule has 0 spiro atoms. The molecule has 8 heteroatoms. The number of benzene rings is 2. The summed E-state index contributed by atoms with van der Waals surface area (Å²) in [6.07, 6.45) is 1.12. The summed E-state index contributed by atoms with van der Waals surface area (Å²) in [7, 11) is -3.11. The van der Waals surface area contributed by atoms with E-state index in [9.17, 15) is 17.6 Å². The molecule has 0 fully saturated rings. The highest BCUT2D eigenvalue weighted by Gasteiger charge is 2.12. The van der Waals surface area contributed by atoms with Crippen molar-refractivity contribution in [1.82, 2.24) is 0 Å². The van der Waals surface area contributed by atoms with Crippen LogP contribution in [0.25, 0.3) is 0 Å². The van der Waals surface area contributed by atoms with E-state index in [1.165, 1.54) is 18.2 Å². The molecule has 5 nitrogen and oxygen atoms in total. The van der Waals surface area contributed by atoms with Crippen molar-refractivity contribution in [3.63, 3.8) is 0 Å². The fraction of sp³-hybridized carbons (Fsp3) is 0.188. The van der Waals surface area contributed by atoms with E-state index in [1.54, 1.807) is 24.3 Å². The zero-order valence-electron chi connectivity index (χ0n) is 12.8. The van der Waals surface area contributed by atoms with Crippen LogP contribution in [-0.2, 0) is 9.84 Å². The van der Waals surface area contributed by atoms with Gasteiger partial charge in [-0.25, -0.2) is 12.8 Å². The van der Waals surface area contributed by atoms with E-state index in [0.29, 0.717) is 15.9 Å². The molecule has 0 aliphatic rings. The van der Waals surface area contributed by atoms with E-state index < -0.39 is 21.6 Å². The van der Waals surface area contributed by atoms with Crippen LogP contribution in [0.15, 0.2) is 46.9 Å². The van der Waals surface area contributed by atoms with Crippen LogP contribution in [0, 0.1) is 5.82 Å². The highest BCUT2D eigenvalue weighted by Crippen LogP contribution is 2.20. The summed E-state index contributed by atoms with van der Waals surface area (Å²) in [6, 6.07) is 10.6. The number of rotatable bonds is 6. The number of anilines is 1. The van der Waals surface area contributed by atoms with Crippen molar-refractivity contribution in [2.45, 2.75) is 0 Å². The Morgan fingerprint density at radius 2 is 2.00 bits per heavy atom. The number of amides is 1. The predicted molar refractivity (Wildman–Crippen MR) is 93.7 cm³/mol. The minimum absolute atomic E-state index is 0.0115. The van der Waals surface area contributed by atoms with Crippen LogP contribution in [0.5, 0.6) is 5.75 Å². The minimum atomic E-state index is -3.11. The van der Waals surface area contributed by atoms with Crippen molar-refractivity contribution in [1.29, 1.82) is 0 Å². The first-order valence-electron chi connectivity index (χ1n) is 6.91. The van der Waals surface area contributed by atoms with Gasteiger partial charge in [0.05, 0.1) is 11.3 Å². The number of sulfone groups is 1. The lowest BCUT2D eigenvalue weighted by Gasteiger charge is -2.09. The Hall–Kier alpha value is -1.93. The van der Waals surface area contributed by atoms with Crippen molar-refractivity contribution >= 4 is 37.4 Å². The molecule has 0 heterocycles. The quantitative estimate of drug-likeness (QED) is 0.785. The van der Waals surface area contributed by atoms with Crippen LogP contribution in [-0.4, -0.2) is 32.9 Å². The Kier molecular flexibility index (Phi) is 5.95. The van der Waals surface area contributed by atoms with E-state index in [4.69, 9.17) is 4.74 Å². The highest BCUT2D eigenvalue weighted by atomic mass is 79.9. The molecule has 0 aliphatic heterocycles. The maximum atomic E-state index is 13.8. The van der Waals surface area contributed by atoms with E-state index in [-0.39, 0.29) is 17.9 Å². The number of hydrogen-bond donors (Lipinski definition) is 1. The minimum Gasteiger partial charge on any atom is -0.492 e. The molecule has 0 aromatic heterocycles. The van der Waals surface area contributed by atoms with Crippen LogP contribution in [0.1, 0.15) is 10.4 Å². The fourth-order valence-corrected chi connectivity index (χ4v) is 2.57. The van der Waals surface area contributed by atoms with E-state index >= 15 is 0 Å². The maximum absolute atomic E-state index is 13.8. The first-order chi connectivity index (χ1) is 11.2. The van der Waals surface area contributed by atoms with Gasteiger partial charge in [-0.15, -0.1) is 0 Å². The zero-order chi connectivity index (χ0) is 17.7. The van der Waals surface area contributed by atoms with Crippen LogP contribution in [0.2, 0.25) is 0 Å². The summed E-state index contributed by atoms with van der Waals surface area (Å²) in [4.78, 5) is 12.1. The summed E-state index contributed by atoms with van der Waals surface area (Å²) < 4.78 is 41.8. The second-order valence-electron chi connectivity index (χ2n) is 5.08. The molecule has 128 valence electrons. The van der Waals surface area contributed by atoms with Gasteiger partial charge in [-0.1, -0.05) is 22.0 Å². The number of nitrogens with one attached hydrogen (secondary N) is 1. The Bertz CT molecular complexity index is 855. The van der Waals surface area contributed by atoms with Gasteiger partial charge in [0.1, 0.15) is 18.2 Å². The van der Waals surface area contributed by atoms with E-state index in [0.717, 1.165) is 6.26 Å². The lowest BCUT2D eigenvalue weighted by molar-refractivity contribution is 0.102. The lowest BCUT2D eigenvalue weighted by atomic mass is 10.2. The van der Waals surface area contributed by atoms with Crippen LogP contribution in [0.3, 0.4) is 0 Å². The Morgan fingerprint density at radius 1 is 1.25 bits per heavy atom. The van der Waals surface area contributed by atoms with Crippen LogP contribution >= 0.6 is 15.9 Å². The lowest BCUT2D eigenvalue weighted by Crippen LogP contribution is -2.14. The van der Waals surface area contributed by atoms with Crippen LogP contribution in [0.4, 0.5) is 10.1 Å². The summed E-state index contributed by atoms with van der Waals surface area (Å²) >= 11 is 3.13. The molecule has 0 saturated carbocycles. The molecule has 24 heavy (non-hydrogen) atoms. The summed E-state index contributed by atoms with van der Waals surface area (Å²) in [5, 5.41) is 2.57. The molecule has 0 atom stereocenters. The molecule has 1 N–H and O–H groups in total. The first kappa shape index (κ1) is 18.4. The molecule has 2 rings (SSSR count). The summed E-state index contributed by atoms with van der Waals surface area (Å²) in [6.45, 7) is 0.0115. The first-order valence-corrected chi connectivity index (χ1v) is 9.77. The van der Waals surface area contributed by atoms with Crippen LogP contribution < -0.4 is 10.1 Å². The number of hydrogen-bond acceptors (Lipinski definition) is 4. The third-order valence-electron chi connectivity index (χ3n) is 2.99. The molecular weight excluding hydrogens is 401 g/mol. The number of halogens is 2. The van der Waals surface area contributed by atoms with Crippen molar-refractivity contribution in [3.8, 4) is 5.75 Å². The largest absolute Gasteiger partial charge is 0.492 e. The molecule has 0 radical (unpaired) electrons. The van der Waals surface area contributed by atoms with Gasteiger partial charge < -0.3 is 10.1 Å². The smallest absolute Gasteiger partial charge is 0.258 e. The zero-order valence-corrected chi connectivity index (χ0v) is 15.2. The maximum Gasteiger partial charge on any atom is 0.258 e. The standard InChI is InChI=1S/C16H15BrFNO4S/c1-24(21,22)8-7-23-13-4-2-3-12(10-13)19-16(20)14-6-5-11(17)9-15(14)18/h2-6,9-10H,7-8H2,1H3,(H,19,20). The van der Waals surface area contributed by atoms with Gasteiger partial charge in [-0.2, -0.15) is 0 Å². The predicted octanol–water partition coefficient (Wildman–Crippen LogP) is 3.26. The van der Waals surface area contributed by atoms with E-state index in [2.05, 4.69) is 21.2 Å². The molecule has 1 amide bonds. The third-order valence-corrected chi connectivity index (χ3v) is 4.39. The molecule has 0 saturated heterocycles. The second kappa shape index (κ2) is 7.76.